The number of carboxylic acids is 1. The fourth-order valence-electron chi connectivity index (χ4n) is 6.84. The predicted molar refractivity (Wildman–Crippen MR) is 153 cm³/mol. The molecule has 0 unspecified atom stereocenters. The molecule has 3 aromatic rings. The molecule has 5 rings (SSSR count). The first-order valence-corrected chi connectivity index (χ1v) is 14.5. The van der Waals surface area contributed by atoms with Gasteiger partial charge in [-0.3, -0.25) is 4.79 Å². The van der Waals surface area contributed by atoms with Gasteiger partial charge in [-0.25, -0.2) is 4.79 Å². The van der Waals surface area contributed by atoms with Gasteiger partial charge in [-0.1, -0.05) is 69.5 Å². The molecule has 2 aromatic carbocycles. The monoisotopic (exact) mass is 515 g/mol. The number of carbonyl (C=O) groups excluding carboxylic acids is 1. The van der Waals surface area contributed by atoms with Gasteiger partial charge in [0.1, 0.15) is 6.54 Å². The topological polar surface area (TPSA) is 65.8 Å². The quantitative estimate of drug-likeness (QED) is 0.378. The normalized spacial score (nSPS) is 17.4. The molecule has 2 fully saturated rings. The summed E-state index contributed by atoms with van der Waals surface area (Å²) in [7, 11) is 0. The van der Waals surface area contributed by atoms with Gasteiger partial charge in [0.25, 0.3) is 0 Å². The molecule has 202 valence electrons. The number of amides is 1. The first-order chi connectivity index (χ1) is 18.5. The molecule has 1 saturated heterocycles. The average Bonchev–Trinajstić information content (AvgIpc) is 3.28. The van der Waals surface area contributed by atoms with Crippen LogP contribution >= 0.6 is 0 Å². The van der Waals surface area contributed by atoms with Crippen LogP contribution in [0, 0.1) is 0 Å². The summed E-state index contributed by atoms with van der Waals surface area (Å²) in [6.45, 7) is 8.27. The Morgan fingerprint density at radius 3 is 2.24 bits per heavy atom. The molecule has 6 heteroatoms. The first-order valence-electron chi connectivity index (χ1n) is 14.5. The lowest BCUT2D eigenvalue weighted by molar-refractivity contribution is -0.133. The first kappa shape index (κ1) is 26.5. The fourth-order valence-corrected chi connectivity index (χ4v) is 6.84. The minimum absolute atomic E-state index is 0.119. The number of carboxylic acid groups (broad SMARTS) is 1. The Bertz CT molecular complexity index is 1260. The van der Waals surface area contributed by atoms with E-state index in [4.69, 9.17) is 0 Å². The lowest BCUT2D eigenvalue weighted by Gasteiger charge is -2.37. The molecule has 1 amide bonds. The molecule has 1 N–H and O–H groups in total. The molecule has 2 heterocycles. The molecule has 1 saturated carbocycles. The van der Waals surface area contributed by atoms with Crippen LogP contribution in [0.25, 0.3) is 22.2 Å². The summed E-state index contributed by atoms with van der Waals surface area (Å²) in [4.78, 5) is 30.2. The van der Waals surface area contributed by atoms with Crippen LogP contribution in [0.4, 0.5) is 0 Å². The number of likely N-dealkylation sites (tertiary alicyclic amines) is 1. The van der Waals surface area contributed by atoms with Crippen LogP contribution in [0.2, 0.25) is 0 Å². The molecule has 1 aromatic heterocycles. The Balaban J connectivity index is 1.56. The number of benzene rings is 2. The highest BCUT2D eigenvalue weighted by Crippen LogP contribution is 2.44. The van der Waals surface area contributed by atoms with E-state index in [0.29, 0.717) is 12.0 Å². The number of hydrogen-bond donors (Lipinski definition) is 1. The van der Waals surface area contributed by atoms with E-state index in [0.717, 1.165) is 74.0 Å². The zero-order valence-corrected chi connectivity index (χ0v) is 22.9. The lowest BCUT2D eigenvalue weighted by Crippen LogP contribution is -2.47. The highest BCUT2D eigenvalue weighted by atomic mass is 16.4. The summed E-state index contributed by atoms with van der Waals surface area (Å²) in [6.07, 6.45) is 7.95. The van der Waals surface area contributed by atoms with Crippen molar-refractivity contribution in [3.05, 3.63) is 59.7 Å². The van der Waals surface area contributed by atoms with E-state index in [2.05, 4.69) is 35.4 Å². The maximum absolute atomic E-state index is 13.8. The van der Waals surface area contributed by atoms with Crippen LogP contribution in [0.5, 0.6) is 0 Å². The predicted octanol–water partition coefficient (Wildman–Crippen LogP) is 6.39. The van der Waals surface area contributed by atoms with E-state index < -0.39 is 5.97 Å². The highest BCUT2D eigenvalue weighted by Gasteiger charge is 2.30. The summed E-state index contributed by atoms with van der Waals surface area (Å²) in [5.41, 5.74) is 4.58. The zero-order chi connectivity index (χ0) is 26.6. The number of fused-ring (bicyclic) bond motifs is 1. The maximum Gasteiger partial charge on any atom is 0.335 e. The number of nitrogens with zero attached hydrogens (tertiary/aromatic N) is 3. The number of carbonyl (C=O) groups is 2. The zero-order valence-electron chi connectivity index (χ0n) is 22.9. The van der Waals surface area contributed by atoms with Crippen molar-refractivity contribution in [2.24, 2.45) is 0 Å². The van der Waals surface area contributed by atoms with Crippen LogP contribution in [-0.4, -0.2) is 63.6 Å². The number of aromatic nitrogens is 1. The molecule has 38 heavy (non-hydrogen) atoms. The van der Waals surface area contributed by atoms with Crippen LogP contribution in [0.15, 0.2) is 48.5 Å². The van der Waals surface area contributed by atoms with Crippen molar-refractivity contribution in [2.75, 3.05) is 26.2 Å². The van der Waals surface area contributed by atoms with Crippen LogP contribution in [0.1, 0.15) is 80.6 Å². The minimum atomic E-state index is -0.940. The van der Waals surface area contributed by atoms with Crippen molar-refractivity contribution in [1.29, 1.82) is 0 Å². The van der Waals surface area contributed by atoms with Crippen molar-refractivity contribution in [1.82, 2.24) is 14.4 Å². The smallest absolute Gasteiger partial charge is 0.335 e. The second-order valence-corrected chi connectivity index (χ2v) is 10.9. The Labute approximate surface area is 226 Å². The summed E-state index contributed by atoms with van der Waals surface area (Å²) in [5, 5.41) is 10.9. The summed E-state index contributed by atoms with van der Waals surface area (Å²) >= 11 is 0. The molecule has 2 aliphatic rings. The van der Waals surface area contributed by atoms with E-state index in [1.807, 2.05) is 29.2 Å². The molecule has 0 radical (unpaired) electrons. The third-order valence-electron chi connectivity index (χ3n) is 8.85. The Morgan fingerprint density at radius 1 is 0.921 bits per heavy atom. The van der Waals surface area contributed by atoms with Crippen molar-refractivity contribution in [3.8, 4) is 11.3 Å². The van der Waals surface area contributed by atoms with Crippen LogP contribution < -0.4 is 0 Å². The van der Waals surface area contributed by atoms with E-state index in [9.17, 15) is 14.7 Å². The molecule has 0 atom stereocenters. The second-order valence-electron chi connectivity index (χ2n) is 10.9. The largest absolute Gasteiger partial charge is 0.478 e. The number of aromatic carboxylic acids is 1. The number of hydrogen-bond acceptors (Lipinski definition) is 3. The molecule has 1 aliphatic heterocycles. The molecular weight excluding hydrogens is 474 g/mol. The van der Waals surface area contributed by atoms with E-state index in [-0.39, 0.29) is 18.0 Å². The van der Waals surface area contributed by atoms with Crippen molar-refractivity contribution >= 4 is 22.8 Å². The van der Waals surface area contributed by atoms with Gasteiger partial charge in [0.2, 0.25) is 5.91 Å². The van der Waals surface area contributed by atoms with Gasteiger partial charge in [-0.2, -0.15) is 0 Å². The molecule has 1 aliphatic carbocycles. The minimum Gasteiger partial charge on any atom is -0.478 e. The van der Waals surface area contributed by atoms with Gasteiger partial charge in [-0.15, -0.1) is 0 Å². The summed E-state index contributed by atoms with van der Waals surface area (Å²) in [6, 6.07) is 16.4. The average molecular weight is 516 g/mol. The highest BCUT2D eigenvalue weighted by molar-refractivity contribution is 5.99. The van der Waals surface area contributed by atoms with Gasteiger partial charge in [-0.05, 0) is 68.0 Å². The van der Waals surface area contributed by atoms with Crippen LogP contribution in [-0.2, 0) is 11.3 Å². The Hall–Kier alpha value is -3.12. The SMILES string of the molecule is CCN(CC)C1CCN(C(=O)Cn2c(-c3ccccc3)c(C3CCCCC3)c3ccc(C(=O)O)cc32)CC1. The van der Waals surface area contributed by atoms with Gasteiger partial charge >= 0.3 is 5.97 Å². The second kappa shape index (κ2) is 11.7. The molecule has 0 bridgehead atoms. The van der Waals surface area contributed by atoms with Gasteiger partial charge in [0.05, 0.1) is 16.8 Å². The van der Waals surface area contributed by atoms with E-state index in [1.54, 1.807) is 12.1 Å². The molecule has 6 nitrogen and oxygen atoms in total. The maximum atomic E-state index is 13.8. The third kappa shape index (κ3) is 5.24. The molecule has 0 spiro atoms. The summed E-state index contributed by atoms with van der Waals surface area (Å²) in [5.74, 6) is -0.406. The van der Waals surface area contributed by atoms with Crippen molar-refractivity contribution in [2.45, 2.75) is 77.3 Å². The van der Waals surface area contributed by atoms with Gasteiger partial charge in [0, 0.05) is 24.5 Å². The van der Waals surface area contributed by atoms with E-state index >= 15 is 0 Å². The fraction of sp³-hybridized carbons (Fsp3) is 0.500. The van der Waals surface area contributed by atoms with Crippen LogP contribution in [0.3, 0.4) is 0 Å². The van der Waals surface area contributed by atoms with Crippen molar-refractivity contribution < 1.29 is 14.7 Å². The number of rotatable bonds is 8. The summed E-state index contributed by atoms with van der Waals surface area (Å²) < 4.78 is 2.12. The van der Waals surface area contributed by atoms with Crippen molar-refractivity contribution in [3.63, 3.8) is 0 Å². The van der Waals surface area contributed by atoms with Gasteiger partial charge < -0.3 is 19.5 Å². The van der Waals surface area contributed by atoms with Gasteiger partial charge in [0.15, 0.2) is 0 Å². The standard InChI is InChI=1S/C32H41N3O3/c1-3-33(4-2)26-17-19-34(20-18-26)29(36)22-35-28-21-25(32(37)38)15-16-27(28)30(23-11-7-5-8-12-23)31(35)24-13-9-6-10-14-24/h6,9-10,13-16,21,23,26H,3-5,7-8,11-12,17-20,22H2,1-2H3,(H,37,38). The van der Waals surface area contributed by atoms with E-state index in [1.165, 1.54) is 24.8 Å². The Morgan fingerprint density at radius 2 is 1.61 bits per heavy atom. The lowest BCUT2D eigenvalue weighted by atomic mass is 9.82. The molecular formula is C32H41N3O3. The number of piperidine rings is 1. The third-order valence-corrected chi connectivity index (χ3v) is 8.85. The Kier molecular flexibility index (Phi) is 8.18.